The molecule has 182 valence electrons. The summed E-state index contributed by atoms with van der Waals surface area (Å²) in [4.78, 5) is 11.1. The Balaban J connectivity index is 1.54. The maximum Gasteiger partial charge on any atom is 0.431 e. The lowest BCUT2D eigenvalue weighted by molar-refractivity contribution is -0.137. The first-order chi connectivity index (χ1) is 16.5. The Hall–Kier alpha value is -3.68. The first-order valence-electron chi connectivity index (χ1n) is 11.1. The van der Waals surface area contributed by atoms with Crippen molar-refractivity contribution in [3.05, 3.63) is 88.7 Å². The fraction of sp³-hybridized carbons (Fsp3) is 0.259. The Bertz CT molecular complexity index is 1280. The summed E-state index contributed by atoms with van der Waals surface area (Å²) in [6, 6.07) is 16.8. The molecule has 0 saturated heterocycles. The molecular formula is C27H24F4N2O2. The first kappa shape index (κ1) is 24.4. The average molecular weight is 484 g/mol. The second-order valence-corrected chi connectivity index (χ2v) is 8.81. The smallest absolute Gasteiger partial charge is 0.431 e. The Morgan fingerprint density at radius 1 is 1.06 bits per heavy atom. The van der Waals surface area contributed by atoms with E-state index in [9.17, 15) is 22.4 Å². The summed E-state index contributed by atoms with van der Waals surface area (Å²) in [5.41, 5.74) is 4.70. The maximum absolute atomic E-state index is 14.3. The second-order valence-electron chi connectivity index (χ2n) is 8.81. The van der Waals surface area contributed by atoms with Gasteiger partial charge in [0, 0.05) is 12.0 Å². The number of carboxylic acid groups (broad SMARTS) is 1. The van der Waals surface area contributed by atoms with E-state index in [4.69, 9.17) is 5.11 Å². The highest BCUT2D eigenvalue weighted by atomic mass is 19.4. The fourth-order valence-corrected chi connectivity index (χ4v) is 4.27. The summed E-state index contributed by atoms with van der Waals surface area (Å²) >= 11 is 0. The Morgan fingerprint density at radius 2 is 1.77 bits per heavy atom. The van der Waals surface area contributed by atoms with Gasteiger partial charge in [0.15, 0.2) is 0 Å². The molecule has 1 N–H and O–H groups in total. The minimum Gasteiger partial charge on any atom is -0.481 e. The van der Waals surface area contributed by atoms with Gasteiger partial charge in [0.2, 0.25) is 0 Å². The minimum absolute atomic E-state index is 0.280. The SMILES string of the molecule is Cc1ccc(F)c(-c2ccc(Cc3ccc(N4N=C(C(F)(F)F)CC4CC(=O)O)cc3)c(C)c2)c1. The fourth-order valence-electron chi connectivity index (χ4n) is 4.27. The van der Waals surface area contributed by atoms with Gasteiger partial charge in [-0.05, 0) is 66.8 Å². The van der Waals surface area contributed by atoms with Gasteiger partial charge >= 0.3 is 12.1 Å². The predicted octanol–water partition coefficient (Wildman–Crippen LogP) is 6.67. The second kappa shape index (κ2) is 9.52. The molecule has 1 atom stereocenters. The number of hydrogen-bond acceptors (Lipinski definition) is 3. The van der Waals surface area contributed by atoms with Crippen molar-refractivity contribution in [1.29, 1.82) is 0 Å². The molecule has 0 fully saturated rings. The van der Waals surface area contributed by atoms with Gasteiger partial charge in [-0.2, -0.15) is 18.3 Å². The van der Waals surface area contributed by atoms with Crippen LogP contribution in [0.5, 0.6) is 0 Å². The quantitative estimate of drug-likeness (QED) is 0.398. The van der Waals surface area contributed by atoms with Crippen molar-refractivity contribution in [2.24, 2.45) is 5.10 Å². The van der Waals surface area contributed by atoms with Crippen LogP contribution >= 0.6 is 0 Å². The van der Waals surface area contributed by atoms with Crippen LogP contribution in [0.3, 0.4) is 0 Å². The van der Waals surface area contributed by atoms with Crippen molar-refractivity contribution in [3.8, 4) is 11.1 Å². The first-order valence-corrected chi connectivity index (χ1v) is 11.1. The number of aryl methyl sites for hydroxylation is 2. The highest BCUT2D eigenvalue weighted by Crippen LogP contribution is 2.33. The van der Waals surface area contributed by atoms with Crippen molar-refractivity contribution in [3.63, 3.8) is 0 Å². The molecule has 3 aromatic carbocycles. The number of alkyl halides is 3. The van der Waals surface area contributed by atoms with Gasteiger partial charge in [0.25, 0.3) is 0 Å². The van der Waals surface area contributed by atoms with Gasteiger partial charge in [-0.25, -0.2) is 4.39 Å². The molecule has 0 aliphatic carbocycles. The van der Waals surface area contributed by atoms with E-state index in [1.165, 1.54) is 6.07 Å². The lowest BCUT2D eigenvalue weighted by atomic mass is 9.95. The van der Waals surface area contributed by atoms with Crippen LogP contribution in [-0.4, -0.2) is 29.0 Å². The van der Waals surface area contributed by atoms with E-state index in [1.807, 2.05) is 38.1 Å². The van der Waals surface area contributed by atoms with E-state index < -0.39 is 36.7 Å². The molecule has 3 aromatic rings. The molecular weight excluding hydrogens is 460 g/mol. The summed E-state index contributed by atoms with van der Waals surface area (Å²) < 4.78 is 53.8. The Morgan fingerprint density at radius 3 is 2.40 bits per heavy atom. The Kier molecular flexibility index (Phi) is 6.65. The van der Waals surface area contributed by atoms with E-state index >= 15 is 0 Å². The van der Waals surface area contributed by atoms with Crippen LogP contribution in [0.2, 0.25) is 0 Å². The molecule has 0 amide bonds. The zero-order valence-electron chi connectivity index (χ0n) is 19.2. The van der Waals surface area contributed by atoms with Crippen LogP contribution < -0.4 is 5.01 Å². The summed E-state index contributed by atoms with van der Waals surface area (Å²) in [5, 5.41) is 13.9. The van der Waals surface area contributed by atoms with Crippen LogP contribution in [0, 0.1) is 19.7 Å². The number of anilines is 1. The minimum atomic E-state index is -4.60. The summed E-state index contributed by atoms with van der Waals surface area (Å²) in [6.07, 6.45) is -4.93. The molecule has 1 aliphatic heterocycles. The predicted molar refractivity (Wildman–Crippen MR) is 127 cm³/mol. The lowest BCUT2D eigenvalue weighted by Crippen LogP contribution is -2.29. The standard InChI is InChI=1S/C27H24F4N2O2/c1-16-3-10-24(28)23(11-16)20-7-6-19(17(2)12-20)13-18-4-8-21(9-5-18)33-22(15-26(34)35)14-25(32-33)27(29,30)31/h3-12,22H,13-15H2,1-2H3,(H,34,35). The van der Waals surface area contributed by atoms with Crippen molar-refractivity contribution >= 4 is 17.4 Å². The van der Waals surface area contributed by atoms with E-state index in [1.54, 1.807) is 30.3 Å². The van der Waals surface area contributed by atoms with E-state index in [0.29, 0.717) is 17.7 Å². The molecule has 1 aliphatic rings. The molecule has 0 aromatic heterocycles. The molecule has 1 unspecified atom stereocenters. The van der Waals surface area contributed by atoms with Crippen LogP contribution in [-0.2, 0) is 11.2 Å². The molecule has 0 bridgehead atoms. The van der Waals surface area contributed by atoms with E-state index in [2.05, 4.69) is 5.10 Å². The van der Waals surface area contributed by atoms with Gasteiger partial charge < -0.3 is 5.11 Å². The zero-order valence-corrected chi connectivity index (χ0v) is 19.2. The number of hydrazone groups is 1. The van der Waals surface area contributed by atoms with Crippen LogP contribution in [0.25, 0.3) is 11.1 Å². The number of nitrogens with zero attached hydrogens (tertiary/aromatic N) is 2. The van der Waals surface area contributed by atoms with Crippen molar-refractivity contribution in [2.45, 2.75) is 45.3 Å². The van der Waals surface area contributed by atoms with Gasteiger partial charge in [0.05, 0.1) is 18.2 Å². The topological polar surface area (TPSA) is 52.9 Å². The summed E-state index contributed by atoms with van der Waals surface area (Å²) in [5.74, 6) is -1.46. The number of halogens is 4. The molecule has 4 rings (SSSR count). The van der Waals surface area contributed by atoms with Crippen molar-refractivity contribution < 1.29 is 27.5 Å². The summed E-state index contributed by atoms with van der Waals surface area (Å²) in [6.45, 7) is 3.87. The average Bonchev–Trinajstić information content (AvgIpc) is 3.21. The highest BCUT2D eigenvalue weighted by Gasteiger charge is 2.43. The van der Waals surface area contributed by atoms with Gasteiger partial charge in [-0.1, -0.05) is 42.0 Å². The number of rotatable bonds is 6. The maximum atomic E-state index is 14.3. The lowest BCUT2D eigenvalue weighted by Gasteiger charge is -2.22. The number of aliphatic carboxylic acids is 1. The molecule has 0 spiro atoms. The third-order valence-corrected chi connectivity index (χ3v) is 6.11. The molecule has 35 heavy (non-hydrogen) atoms. The van der Waals surface area contributed by atoms with Gasteiger partial charge in [-0.15, -0.1) is 0 Å². The van der Waals surface area contributed by atoms with E-state index in [-0.39, 0.29) is 5.82 Å². The van der Waals surface area contributed by atoms with Crippen molar-refractivity contribution in [1.82, 2.24) is 0 Å². The normalized spacial score (nSPS) is 15.9. The molecule has 1 heterocycles. The monoisotopic (exact) mass is 484 g/mol. The number of benzene rings is 3. The van der Waals surface area contributed by atoms with Crippen LogP contribution in [0.1, 0.15) is 35.1 Å². The molecule has 4 nitrogen and oxygen atoms in total. The molecule has 0 radical (unpaired) electrons. The number of carboxylic acids is 1. The van der Waals surface area contributed by atoms with Crippen LogP contribution in [0.4, 0.5) is 23.2 Å². The van der Waals surface area contributed by atoms with Gasteiger partial charge in [-0.3, -0.25) is 9.80 Å². The van der Waals surface area contributed by atoms with E-state index in [0.717, 1.165) is 32.8 Å². The third-order valence-electron chi connectivity index (χ3n) is 6.11. The molecule has 8 heteroatoms. The Labute approximate surface area is 200 Å². The zero-order chi connectivity index (χ0) is 25.3. The number of carbonyl (C=O) groups is 1. The van der Waals surface area contributed by atoms with Crippen LogP contribution in [0.15, 0.2) is 65.8 Å². The highest BCUT2D eigenvalue weighted by molar-refractivity contribution is 5.94. The number of hydrogen-bond donors (Lipinski definition) is 1. The molecule has 0 saturated carbocycles. The van der Waals surface area contributed by atoms with Gasteiger partial charge in [0.1, 0.15) is 11.5 Å². The third kappa shape index (κ3) is 5.53. The summed E-state index contributed by atoms with van der Waals surface area (Å²) in [7, 11) is 0. The van der Waals surface area contributed by atoms with Crippen molar-refractivity contribution in [2.75, 3.05) is 5.01 Å². The largest absolute Gasteiger partial charge is 0.481 e.